The Morgan fingerprint density at radius 1 is 0.800 bits per heavy atom. The first-order valence-electron chi connectivity index (χ1n) is 4.77. The van der Waals surface area contributed by atoms with Gasteiger partial charge in [-0.05, 0) is 39.3 Å². The standard InChI is InChI=1S/C14H11I/c1-11(15)12-7-9-14(10-8-12)13-5-3-2-4-6-13/h2-10H,1H2. The highest BCUT2D eigenvalue weighted by Gasteiger charge is 1.97. The Kier molecular flexibility index (Phi) is 3.21. The zero-order valence-corrected chi connectivity index (χ0v) is 10.4. The lowest BCUT2D eigenvalue weighted by Crippen LogP contribution is -1.78. The van der Waals surface area contributed by atoms with Crippen molar-refractivity contribution in [1.82, 2.24) is 0 Å². The van der Waals surface area contributed by atoms with Gasteiger partial charge in [0, 0.05) is 3.58 Å². The van der Waals surface area contributed by atoms with Crippen LogP contribution in [-0.4, -0.2) is 0 Å². The van der Waals surface area contributed by atoms with Crippen molar-refractivity contribution in [1.29, 1.82) is 0 Å². The van der Waals surface area contributed by atoms with Crippen molar-refractivity contribution in [3.05, 3.63) is 66.7 Å². The molecule has 15 heavy (non-hydrogen) atoms. The molecule has 0 radical (unpaired) electrons. The average Bonchev–Trinajstić information content (AvgIpc) is 2.30. The van der Waals surface area contributed by atoms with E-state index in [0.717, 1.165) is 3.58 Å². The molecule has 0 fully saturated rings. The Morgan fingerprint density at radius 3 is 1.87 bits per heavy atom. The highest BCUT2D eigenvalue weighted by molar-refractivity contribution is 14.1. The van der Waals surface area contributed by atoms with E-state index >= 15 is 0 Å². The van der Waals surface area contributed by atoms with Gasteiger partial charge in [0.2, 0.25) is 0 Å². The summed E-state index contributed by atoms with van der Waals surface area (Å²) >= 11 is 2.24. The third-order valence-electron chi connectivity index (χ3n) is 2.31. The second-order valence-corrected chi connectivity index (χ2v) is 4.65. The van der Waals surface area contributed by atoms with Gasteiger partial charge in [-0.2, -0.15) is 0 Å². The number of rotatable bonds is 2. The van der Waals surface area contributed by atoms with E-state index in [1.807, 2.05) is 6.07 Å². The zero-order chi connectivity index (χ0) is 10.7. The normalized spacial score (nSPS) is 9.93. The lowest BCUT2D eigenvalue weighted by atomic mass is 10.0. The molecule has 0 bridgehead atoms. The van der Waals surface area contributed by atoms with Crippen LogP contribution < -0.4 is 0 Å². The molecule has 2 aromatic carbocycles. The van der Waals surface area contributed by atoms with Crippen LogP contribution in [0.15, 0.2) is 61.2 Å². The third-order valence-corrected chi connectivity index (χ3v) is 2.93. The molecule has 0 amide bonds. The Bertz CT molecular complexity index is 454. The molecule has 0 saturated carbocycles. The molecule has 0 N–H and O–H groups in total. The third kappa shape index (κ3) is 2.48. The van der Waals surface area contributed by atoms with Crippen LogP contribution in [0.2, 0.25) is 0 Å². The van der Waals surface area contributed by atoms with Gasteiger partial charge < -0.3 is 0 Å². The minimum atomic E-state index is 1.08. The quantitative estimate of drug-likeness (QED) is 0.702. The molecule has 2 aromatic rings. The lowest BCUT2D eigenvalue weighted by Gasteiger charge is -2.02. The summed E-state index contributed by atoms with van der Waals surface area (Å²) in [6.45, 7) is 3.91. The van der Waals surface area contributed by atoms with Crippen molar-refractivity contribution < 1.29 is 0 Å². The summed E-state index contributed by atoms with van der Waals surface area (Å²) in [5.41, 5.74) is 3.69. The predicted molar refractivity (Wildman–Crippen MR) is 74.9 cm³/mol. The van der Waals surface area contributed by atoms with Gasteiger partial charge in [0.25, 0.3) is 0 Å². The lowest BCUT2D eigenvalue weighted by molar-refractivity contribution is 1.60. The van der Waals surface area contributed by atoms with Crippen LogP contribution in [0.3, 0.4) is 0 Å². The van der Waals surface area contributed by atoms with Gasteiger partial charge in [-0.15, -0.1) is 0 Å². The fraction of sp³-hybridized carbons (Fsp3) is 0. The monoisotopic (exact) mass is 306 g/mol. The van der Waals surface area contributed by atoms with Gasteiger partial charge in [-0.1, -0.05) is 61.2 Å². The van der Waals surface area contributed by atoms with Crippen LogP contribution in [-0.2, 0) is 0 Å². The molecule has 0 aliphatic rings. The highest BCUT2D eigenvalue weighted by atomic mass is 127. The van der Waals surface area contributed by atoms with Crippen LogP contribution in [0, 0.1) is 0 Å². The fourth-order valence-corrected chi connectivity index (χ4v) is 1.83. The summed E-state index contributed by atoms with van der Waals surface area (Å²) in [5, 5.41) is 0. The second-order valence-electron chi connectivity index (χ2n) is 3.35. The zero-order valence-electron chi connectivity index (χ0n) is 8.28. The first-order valence-corrected chi connectivity index (χ1v) is 5.85. The smallest absolute Gasteiger partial charge is 0.0130 e. The SMILES string of the molecule is C=C(I)c1ccc(-c2ccccc2)cc1. The summed E-state index contributed by atoms with van der Waals surface area (Å²) in [4.78, 5) is 0. The van der Waals surface area contributed by atoms with Crippen LogP contribution in [0.4, 0.5) is 0 Å². The number of hydrogen-bond acceptors (Lipinski definition) is 0. The van der Waals surface area contributed by atoms with Crippen LogP contribution in [0.25, 0.3) is 14.7 Å². The van der Waals surface area contributed by atoms with Gasteiger partial charge in [0.05, 0.1) is 0 Å². The molecular formula is C14H11I. The van der Waals surface area contributed by atoms with Gasteiger partial charge in [0.15, 0.2) is 0 Å². The molecule has 0 spiro atoms. The minimum absolute atomic E-state index is 1.08. The molecule has 0 aliphatic carbocycles. The first-order chi connectivity index (χ1) is 7.27. The number of benzene rings is 2. The summed E-state index contributed by atoms with van der Waals surface area (Å²) in [6.07, 6.45) is 0. The number of halogens is 1. The second kappa shape index (κ2) is 4.62. The predicted octanol–water partition coefficient (Wildman–Crippen LogP) is 4.76. The maximum atomic E-state index is 3.91. The Morgan fingerprint density at radius 2 is 1.33 bits per heavy atom. The maximum absolute atomic E-state index is 3.91. The summed E-state index contributed by atoms with van der Waals surface area (Å²) in [7, 11) is 0. The van der Waals surface area contributed by atoms with Gasteiger partial charge >= 0.3 is 0 Å². The molecule has 0 unspecified atom stereocenters. The molecule has 1 heteroatoms. The Labute approximate surface area is 104 Å². The van der Waals surface area contributed by atoms with Gasteiger partial charge in [0.1, 0.15) is 0 Å². The largest absolute Gasteiger partial charge is 0.0850 e. The fourth-order valence-electron chi connectivity index (χ4n) is 1.47. The van der Waals surface area contributed by atoms with Crippen molar-refractivity contribution in [3.63, 3.8) is 0 Å². The molecule has 0 atom stereocenters. The van der Waals surface area contributed by atoms with E-state index in [4.69, 9.17) is 0 Å². The van der Waals surface area contributed by atoms with Gasteiger partial charge in [-0.25, -0.2) is 0 Å². The van der Waals surface area contributed by atoms with E-state index in [1.54, 1.807) is 0 Å². The Hall–Kier alpha value is -1.09. The van der Waals surface area contributed by atoms with E-state index in [-0.39, 0.29) is 0 Å². The summed E-state index contributed by atoms with van der Waals surface area (Å²) < 4.78 is 1.08. The van der Waals surface area contributed by atoms with Crippen LogP contribution in [0.1, 0.15) is 5.56 Å². The molecule has 74 valence electrons. The van der Waals surface area contributed by atoms with E-state index in [0.29, 0.717) is 0 Å². The molecule has 0 aromatic heterocycles. The molecule has 0 saturated heterocycles. The molecule has 2 rings (SSSR count). The van der Waals surface area contributed by atoms with E-state index < -0.39 is 0 Å². The van der Waals surface area contributed by atoms with Crippen LogP contribution >= 0.6 is 22.6 Å². The van der Waals surface area contributed by atoms with Crippen molar-refractivity contribution in [2.75, 3.05) is 0 Å². The molecule has 0 nitrogen and oxygen atoms in total. The topological polar surface area (TPSA) is 0 Å². The van der Waals surface area contributed by atoms with Crippen molar-refractivity contribution in [3.8, 4) is 11.1 Å². The molecule has 0 heterocycles. The average molecular weight is 306 g/mol. The van der Waals surface area contributed by atoms with E-state index in [1.165, 1.54) is 16.7 Å². The van der Waals surface area contributed by atoms with E-state index in [2.05, 4.69) is 77.7 Å². The van der Waals surface area contributed by atoms with Crippen molar-refractivity contribution >= 4 is 26.2 Å². The Balaban J connectivity index is 2.36. The highest BCUT2D eigenvalue weighted by Crippen LogP contribution is 2.24. The van der Waals surface area contributed by atoms with Gasteiger partial charge in [-0.3, -0.25) is 0 Å². The van der Waals surface area contributed by atoms with Crippen LogP contribution in [0.5, 0.6) is 0 Å². The van der Waals surface area contributed by atoms with Crippen molar-refractivity contribution in [2.24, 2.45) is 0 Å². The summed E-state index contributed by atoms with van der Waals surface area (Å²) in [5.74, 6) is 0. The van der Waals surface area contributed by atoms with E-state index in [9.17, 15) is 0 Å². The maximum Gasteiger partial charge on any atom is 0.0130 e. The minimum Gasteiger partial charge on any atom is -0.0850 e. The van der Waals surface area contributed by atoms with Crippen molar-refractivity contribution in [2.45, 2.75) is 0 Å². The summed E-state index contributed by atoms with van der Waals surface area (Å²) in [6, 6.07) is 18.9. The molecular weight excluding hydrogens is 295 g/mol. The number of hydrogen-bond donors (Lipinski definition) is 0. The molecule has 0 aliphatic heterocycles. The first kappa shape index (κ1) is 10.4.